The molecule has 0 spiro atoms. The van der Waals surface area contributed by atoms with E-state index < -0.39 is 0 Å². The van der Waals surface area contributed by atoms with E-state index in [4.69, 9.17) is 0 Å². The molecule has 1 aliphatic rings. The van der Waals surface area contributed by atoms with Gasteiger partial charge in [-0.2, -0.15) is 0 Å². The summed E-state index contributed by atoms with van der Waals surface area (Å²) < 4.78 is 0. The zero-order valence-corrected chi connectivity index (χ0v) is 10.9. The minimum Gasteiger partial charge on any atom is -0.371 e. The number of nitrogens with one attached hydrogen (secondary N) is 1. The second-order valence-electron chi connectivity index (χ2n) is 5.09. The van der Waals surface area contributed by atoms with Gasteiger partial charge in [0.2, 0.25) is 0 Å². The Labute approximate surface area is 109 Å². The van der Waals surface area contributed by atoms with E-state index in [2.05, 4.69) is 59.7 Å². The molecule has 0 saturated carbocycles. The Morgan fingerprint density at radius 1 is 1.00 bits per heavy atom. The summed E-state index contributed by atoms with van der Waals surface area (Å²) in [4.78, 5) is 2.46. The topological polar surface area (TPSA) is 15.3 Å². The summed E-state index contributed by atoms with van der Waals surface area (Å²) in [5.41, 5.74) is 1.36. The second kappa shape index (κ2) is 4.99. The van der Waals surface area contributed by atoms with E-state index in [0.29, 0.717) is 6.04 Å². The van der Waals surface area contributed by atoms with Crippen LogP contribution in [0.3, 0.4) is 0 Å². The Bertz CT molecular complexity index is 524. The van der Waals surface area contributed by atoms with Gasteiger partial charge in [-0.3, -0.25) is 0 Å². The molecule has 2 heteroatoms. The van der Waals surface area contributed by atoms with E-state index in [0.717, 1.165) is 13.1 Å². The van der Waals surface area contributed by atoms with Crippen LogP contribution in [0.15, 0.2) is 42.5 Å². The summed E-state index contributed by atoms with van der Waals surface area (Å²) >= 11 is 0. The fourth-order valence-corrected chi connectivity index (χ4v) is 2.91. The van der Waals surface area contributed by atoms with Gasteiger partial charge in [-0.15, -0.1) is 0 Å². The van der Waals surface area contributed by atoms with Crippen LogP contribution >= 0.6 is 0 Å². The molecule has 0 amide bonds. The standard InChI is InChI=1S/C16H20N2/c1-18(14-9-11-17-12-10-14)16-8-4-6-13-5-2-3-7-15(13)16/h2-8,14,17H,9-12H2,1H3. The highest BCUT2D eigenvalue weighted by atomic mass is 15.1. The fraction of sp³-hybridized carbons (Fsp3) is 0.375. The molecule has 0 atom stereocenters. The molecular formula is C16H20N2. The van der Waals surface area contributed by atoms with Gasteiger partial charge in [0.15, 0.2) is 0 Å². The average molecular weight is 240 g/mol. The normalized spacial score (nSPS) is 16.9. The van der Waals surface area contributed by atoms with Crippen LogP contribution in [0.4, 0.5) is 5.69 Å². The zero-order chi connectivity index (χ0) is 12.4. The molecule has 18 heavy (non-hydrogen) atoms. The number of benzene rings is 2. The third kappa shape index (κ3) is 2.08. The zero-order valence-electron chi connectivity index (χ0n) is 10.9. The molecule has 0 aliphatic carbocycles. The average Bonchev–Trinajstić information content (AvgIpc) is 2.47. The van der Waals surface area contributed by atoms with Gasteiger partial charge in [0.1, 0.15) is 0 Å². The highest BCUT2D eigenvalue weighted by Gasteiger charge is 2.19. The van der Waals surface area contributed by atoms with Crippen molar-refractivity contribution in [1.82, 2.24) is 5.32 Å². The van der Waals surface area contributed by atoms with Gasteiger partial charge >= 0.3 is 0 Å². The van der Waals surface area contributed by atoms with Crippen molar-refractivity contribution in [3.63, 3.8) is 0 Å². The lowest BCUT2D eigenvalue weighted by Gasteiger charge is -2.34. The number of hydrogen-bond acceptors (Lipinski definition) is 2. The van der Waals surface area contributed by atoms with Crippen LogP contribution in [0.1, 0.15) is 12.8 Å². The maximum Gasteiger partial charge on any atom is 0.0445 e. The lowest BCUT2D eigenvalue weighted by molar-refractivity contribution is 0.444. The maximum absolute atomic E-state index is 3.43. The molecule has 94 valence electrons. The quantitative estimate of drug-likeness (QED) is 0.868. The highest BCUT2D eigenvalue weighted by Crippen LogP contribution is 2.28. The molecule has 0 bridgehead atoms. The third-order valence-corrected chi connectivity index (χ3v) is 4.00. The van der Waals surface area contributed by atoms with Crippen LogP contribution in [0, 0.1) is 0 Å². The first kappa shape index (κ1) is 11.5. The van der Waals surface area contributed by atoms with Crippen molar-refractivity contribution in [3.05, 3.63) is 42.5 Å². The van der Waals surface area contributed by atoms with Crippen molar-refractivity contribution in [2.45, 2.75) is 18.9 Å². The van der Waals surface area contributed by atoms with Gasteiger partial charge in [-0.1, -0.05) is 36.4 Å². The summed E-state index contributed by atoms with van der Waals surface area (Å²) in [5.74, 6) is 0. The molecule has 3 rings (SSSR count). The lowest BCUT2D eigenvalue weighted by atomic mass is 10.0. The number of rotatable bonds is 2. The Morgan fingerprint density at radius 2 is 1.72 bits per heavy atom. The lowest BCUT2D eigenvalue weighted by Crippen LogP contribution is -2.41. The van der Waals surface area contributed by atoms with Crippen LogP contribution in [0.2, 0.25) is 0 Å². The molecule has 1 aliphatic heterocycles. The SMILES string of the molecule is CN(c1cccc2ccccc12)C1CCNCC1. The largest absolute Gasteiger partial charge is 0.371 e. The van der Waals surface area contributed by atoms with E-state index in [1.54, 1.807) is 0 Å². The van der Waals surface area contributed by atoms with Crippen LogP contribution in [0.5, 0.6) is 0 Å². The van der Waals surface area contributed by atoms with E-state index >= 15 is 0 Å². The number of nitrogens with zero attached hydrogens (tertiary/aromatic N) is 1. The highest BCUT2D eigenvalue weighted by molar-refractivity contribution is 5.94. The summed E-state index contributed by atoms with van der Waals surface area (Å²) in [6.07, 6.45) is 2.47. The molecule has 1 N–H and O–H groups in total. The van der Waals surface area contributed by atoms with Gasteiger partial charge in [-0.25, -0.2) is 0 Å². The van der Waals surface area contributed by atoms with Crippen LogP contribution in [-0.4, -0.2) is 26.2 Å². The summed E-state index contributed by atoms with van der Waals surface area (Å²) in [6, 6.07) is 15.9. The van der Waals surface area contributed by atoms with Gasteiger partial charge in [0.05, 0.1) is 0 Å². The minimum absolute atomic E-state index is 0.664. The van der Waals surface area contributed by atoms with Crippen molar-refractivity contribution in [3.8, 4) is 0 Å². The van der Waals surface area contributed by atoms with Gasteiger partial charge < -0.3 is 10.2 Å². The molecule has 0 radical (unpaired) electrons. The Hall–Kier alpha value is -1.54. The van der Waals surface area contributed by atoms with E-state index in [9.17, 15) is 0 Å². The number of hydrogen-bond donors (Lipinski definition) is 1. The molecule has 1 heterocycles. The third-order valence-electron chi connectivity index (χ3n) is 4.00. The predicted octanol–water partition coefficient (Wildman–Crippen LogP) is 3.03. The second-order valence-corrected chi connectivity index (χ2v) is 5.09. The molecule has 0 unspecified atom stereocenters. The van der Waals surface area contributed by atoms with E-state index in [-0.39, 0.29) is 0 Å². The van der Waals surface area contributed by atoms with Crippen LogP contribution < -0.4 is 10.2 Å². The summed E-state index contributed by atoms with van der Waals surface area (Å²) in [6.45, 7) is 2.28. The summed E-state index contributed by atoms with van der Waals surface area (Å²) in [7, 11) is 2.23. The van der Waals surface area contributed by atoms with Crippen LogP contribution in [0.25, 0.3) is 10.8 Å². The van der Waals surface area contributed by atoms with Crippen molar-refractivity contribution >= 4 is 16.5 Å². The first-order chi connectivity index (χ1) is 8.86. The monoisotopic (exact) mass is 240 g/mol. The van der Waals surface area contributed by atoms with Crippen molar-refractivity contribution in [2.24, 2.45) is 0 Å². The Balaban J connectivity index is 1.97. The van der Waals surface area contributed by atoms with Crippen molar-refractivity contribution in [2.75, 3.05) is 25.0 Å². The van der Waals surface area contributed by atoms with E-state index in [1.807, 2.05) is 0 Å². The smallest absolute Gasteiger partial charge is 0.0445 e. The summed E-state index contributed by atoms with van der Waals surface area (Å²) in [5, 5.41) is 6.12. The molecule has 1 saturated heterocycles. The van der Waals surface area contributed by atoms with Gasteiger partial charge in [0, 0.05) is 24.2 Å². The Kier molecular flexibility index (Phi) is 3.20. The van der Waals surface area contributed by atoms with Gasteiger partial charge in [0.25, 0.3) is 0 Å². The number of anilines is 1. The van der Waals surface area contributed by atoms with E-state index in [1.165, 1.54) is 29.3 Å². The first-order valence-corrected chi connectivity index (χ1v) is 6.77. The van der Waals surface area contributed by atoms with Gasteiger partial charge in [-0.05, 0) is 37.4 Å². The molecule has 1 fully saturated rings. The molecular weight excluding hydrogens is 220 g/mol. The molecule has 2 aromatic rings. The first-order valence-electron chi connectivity index (χ1n) is 6.77. The number of piperidine rings is 1. The maximum atomic E-state index is 3.43. The molecule has 0 aromatic heterocycles. The van der Waals surface area contributed by atoms with Crippen molar-refractivity contribution in [1.29, 1.82) is 0 Å². The molecule has 2 nitrogen and oxygen atoms in total. The molecule has 2 aromatic carbocycles. The number of fused-ring (bicyclic) bond motifs is 1. The minimum atomic E-state index is 0.664. The van der Waals surface area contributed by atoms with Crippen LogP contribution in [-0.2, 0) is 0 Å². The Morgan fingerprint density at radius 3 is 2.56 bits per heavy atom. The fourth-order valence-electron chi connectivity index (χ4n) is 2.91. The predicted molar refractivity (Wildman–Crippen MR) is 78.2 cm³/mol. The van der Waals surface area contributed by atoms with Crippen molar-refractivity contribution < 1.29 is 0 Å².